The van der Waals surface area contributed by atoms with Crippen molar-refractivity contribution in [3.63, 3.8) is 0 Å². The Hall–Kier alpha value is -0.620. The summed E-state index contributed by atoms with van der Waals surface area (Å²) in [5.41, 5.74) is 5.24. The van der Waals surface area contributed by atoms with Gasteiger partial charge in [0.25, 0.3) is 0 Å². The maximum absolute atomic E-state index is 12.0. The zero-order chi connectivity index (χ0) is 14.6. The van der Waals surface area contributed by atoms with E-state index in [2.05, 4.69) is 5.32 Å². The van der Waals surface area contributed by atoms with Crippen LogP contribution in [0.3, 0.4) is 0 Å². The summed E-state index contributed by atoms with van der Waals surface area (Å²) in [4.78, 5) is 11.9. The Morgan fingerprint density at radius 3 is 2.22 bits per heavy atom. The quantitative estimate of drug-likeness (QED) is 0.722. The first kappa shape index (κ1) is 17.4. The molecule has 2 unspecified atom stereocenters. The van der Waals surface area contributed by atoms with Crippen LogP contribution in [0, 0.1) is 0 Å². The van der Waals surface area contributed by atoms with Crippen LogP contribution in [0.4, 0.5) is 0 Å². The molecule has 0 aromatic heterocycles. The van der Waals surface area contributed by atoms with Crippen LogP contribution in [0.25, 0.3) is 0 Å². The highest BCUT2D eigenvalue weighted by molar-refractivity contribution is 7.92. The zero-order valence-electron chi connectivity index (χ0n) is 12.0. The van der Waals surface area contributed by atoms with Gasteiger partial charge in [-0.05, 0) is 33.6 Å². The third-order valence-electron chi connectivity index (χ3n) is 3.22. The topological polar surface area (TPSA) is 89.3 Å². The molecule has 0 aliphatic carbocycles. The monoisotopic (exact) mass is 278 g/mol. The summed E-state index contributed by atoms with van der Waals surface area (Å²) < 4.78 is 23.9. The molecule has 2 atom stereocenters. The minimum atomic E-state index is -3.49. The fourth-order valence-electron chi connectivity index (χ4n) is 1.25. The van der Waals surface area contributed by atoms with E-state index in [4.69, 9.17) is 5.73 Å². The SMILES string of the molecule is CCC(N)CS(=O)(=O)C(C)C(=O)NC(C)(C)CC. The minimum absolute atomic E-state index is 0.148. The molecule has 5 nitrogen and oxygen atoms in total. The van der Waals surface area contributed by atoms with Gasteiger partial charge in [0.2, 0.25) is 5.91 Å². The van der Waals surface area contributed by atoms with Crippen molar-refractivity contribution < 1.29 is 13.2 Å². The summed E-state index contributed by atoms with van der Waals surface area (Å²) in [6.07, 6.45) is 1.31. The number of carbonyl (C=O) groups excluding carboxylic acids is 1. The Morgan fingerprint density at radius 1 is 1.33 bits per heavy atom. The molecule has 108 valence electrons. The van der Waals surface area contributed by atoms with Crippen LogP contribution in [0.15, 0.2) is 0 Å². The third-order valence-corrected chi connectivity index (χ3v) is 5.41. The summed E-state index contributed by atoms with van der Waals surface area (Å²) in [6, 6.07) is -0.413. The van der Waals surface area contributed by atoms with Crippen molar-refractivity contribution in [2.45, 2.75) is 64.3 Å². The number of sulfone groups is 1. The Kier molecular flexibility index (Phi) is 6.29. The molecule has 18 heavy (non-hydrogen) atoms. The number of carbonyl (C=O) groups is 1. The lowest BCUT2D eigenvalue weighted by Crippen LogP contribution is -2.50. The van der Waals surface area contributed by atoms with E-state index in [0.717, 1.165) is 6.42 Å². The summed E-state index contributed by atoms with van der Waals surface area (Å²) >= 11 is 0. The van der Waals surface area contributed by atoms with E-state index in [1.54, 1.807) is 0 Å². The fourth-order valence-corrected chi connectivity index (χ4v) is 2.75. The van der Waals surface area contributed by atoms with Crippen LogP contribution in [0.5, 0.6) is 0 Å². The molecule has 0 fully saturated rings. The van der Waals surface area contributed by atoms with Gasteiger partial charge in [-0.3, -0.25) is 4.79 Å². The largest absolute Gasteiger partial charge is 0.350 e. The van der Waals surface area contributed by atoms with E-state index in [-0.39, 0.29) is 5.75 Å². The minimum Gasteiger partial charge on any atom is -0.350 e. The van der Waals surface area contributed by atoms with Gasteiger partial charge in [-0.2, -0.15) is 0 Å². The molecule has 0 saturated heterocycles. The molecular formula is C12H26N2O3S. The Balaban J connectivity index is 4.74. The number of hydrogen-bond donors (Lipinski definition) is 2. The van der Waals surface area contributed by atoms with E-state index in [1.807, 2.05) is 27.7 Å². The second kappa shape index (κ2) is 6.52. The second-order valence-corrected chi connectivity index (χ2v) is 7.73. The molecule has 0 spiro atoms. The van der Waals surface area contributed by atoms with Gasteiger partial charge in [0.1, 0.15) is 5.25 Å². The predicted octanol–water partition coefficient (Wildman–Crippen LogP) is 0.832. The lowest BCUT2D eigenvalue weighted by molar-refractivity contribution is -0.122. The van der Waals surface area contributed by atoms with Gasteiger partial charge in [0.15, 0.2) is 9.84 Å². The molecule has 1 amide bonds. The summed E-state index contributed by atoms with van der Waals surface area (Å²) in [7, 11) is -3.49. The van der Waals surface area contributed by atoms with Crippen LogP contribution < -0.4 is 11.1 Å². The van der Waals surface area contributed by atoms with Crippen molar-refractivity contribution in [3.8, 4) is 0 Å². The molecule has 0 rings (SSSR count). The van der Waals surface area contributed by atoms with Gasteiger partial charge in [0.05, 0.1) is 5.75 Å². The van der Waals surface area contributed by atoms with Crippen LogP contribution >= 0.6 is 0 Å². The third kappa shape index (κ3) is 5.35. The van der Waals surface area contributed by atoms with E-state index >= 15 is 0 Å². The van der Waals surface area contributed by atoms with Crippen molar-refractivity contribution in [1.29, 1.82) is 0 Å². The Morgan fingerprint density at radius 2 is 1.83 bits per heavy atom. The summed E-state index contributed by atoms with van der Waals surface area (Å²) in [6.45, 7) is 8.90. The second-order valence-electron chi connectivity index (χ2n) is 5.37. The van der Waals surface area contributed by atoms with E-state index < -0.39 is 32.6 Å². The van der Waals surface area contributed by atoms with Gasteiger partial charge in [-0.25, -0.2) is 8.42 Å². The zero-order valence-corrected chi connectivity index (χ0v) is 12.8. The van der Waals surface area contributed by atoms with Gasteiger partial charge < -0.3 is 11.1 Å². The highest BCUT2D eigenvalue weighted by Crippen LogP contribution is 2.11. The standard InChI is InChI=1S/C12H26N2O3S/c1-6-10(13)8-18(16,17)9(3)11(15)14-12(4,5)7-2/h9-10H,6-8,13H2,1-5H3,(H,14,15). The normalized spacial score (nSPS) is 16.1. The molecule has 0 aromatic rings. The van der Waals surface area contributed by atoms with E-state index in [9.17, 15) is 13.2 Å². The molecule has 0 heterocycles. The van der Waals surface area contributed by atoms with Crippen LogP contribution in [0.1, 0.15) is 47.5 Å². The van der Waals surface area contributed by atoms with E-state index in [0.29, 0.717) is 6.42 Å². The first-order valence-electron chi connectivity index (χ1n) is 6.35. The lowest BCUT2D eigenvalue weighted by Gasteiger charge is -2.26. The predicted molar refractivity (Wildman–Crippen MR) is 74.0 cm³/mol. The molecule has 6 heteroatoms. The van der Waals surface area contributed by atoms with Crippen molar-refractivity contribution in [2.24, 2.45) is 5.73 Å². The Bertz CT molecular complexity index is 377. The number of rotatable bonds is 7. The van der Waals surface area contributed by atoms with Crippen LogP contribution in [-0.2, 0) is 14.6 Å². The first-order chi connectivity index (χ1) is 8.05. The summed E-state index contributed by atoms with van der Waals surface area (Å²) in [5.74, 6) is -0.602. The fraction of sp³-hybridized carbons (Fsp3) is 0.917. The molecule has 0 aliphatic heterocycles. The number of amides is 1. The van der Waals surface area contributed by atoms with E-state index in [1.165, 1.54) is 6.92 Å². The number of hydrogen-bond acceptors (Lipinski definition) is 4. The highest BCUT2D eigenvalue weighted by Gasteiger charge is 2.31. The number of nitrogens with one attached hydrogen (secondary N) is 1. The van der Waals surface area contributed by atoms with Gasteiger partial charge in [-0.15, -0.1) is 0 Å². The van der Waals surface area contributed by atoms with Crippen molar-refractivity contribution >= 4 is 15.7 Å². The number of nitrogens with two attached hydrogens (primary N) is 1. The smallest absolute Gasteiger partial charge is 0.238 e. The molecular weight excluding hydrogens is 252 g/mol. The molecule has 0 saturated carbocycles. The van der Waals surface area contributed by atoms with Crippen molar-refractivity contribution in [3.05, 3.63) is 0 Å². The van der Waals surface area contributed by atoms with Gasteiger partial charge in [0, 0.05) is 11.6 Å². The van der Waals surface area contributed by atoms with Crippen LogP contribution in [-0.4, -0.2) is 36.9 Å². The lowest BCUT2D eigenvalue weighted by atomic mass is 10.0. The molecule has 0 aromatic carbocycles. The van der Waals surface area contributed by atoms with Gasteiger partial charge in [-0.1, -0.05) is 13.8 Å². The molecule has 0 bridgehead atoms. The van der Waals surface area contributed by atoms with Crippen molar-refractivity contribution in [2.75, 3.05) is 5.75 Å². The summed E-state index contributed by atoms with van der Waals surface area (Å²) in [5, 5.41) is 1.69. The maximum Gasteiger partial charge on any atom is 0.238 e. The van der Waals surface area contributed by atoms with Gasteiger partial charge >= 0.3 is 0 Å². The first-order valence-corrected chi connectivity index (χ1v) is 8.06. The average molecular weight is 278 g/mol. The van der Waals surface area contributed by atoms with Crippen LogP contribution in [0.2, 0.25) is 0 Å². The molecule has 3 N–H and O–H groups in total. The molecule has 0 aliphatic rings. The molecule has 0 radical (unpaired) electrons. The van der Waals surface area contributed by atoms with Crippen molar-refractivity contribution in [1.82, 2.24) is 5.32 Å². The highest BCUT2D eigenvalue weighted by atomic mass is 32.2. The maximum atomic E-state index is 12.0. The average Bonchev–Trinajstić information content (AvgIpc) is 2.26. The Labute approximate surface area is 110 Å².